The number of halogens is 3. The Morgan fingerprint density at radius 2 is 1.97 bits per heavy atom. The summed E-state index contributed by atoms with van der Waals surface area (Å²) in [4.78, 5) is 39.3. The summed E-state index contributed by atoms with van der Waals surface area (Å²) in [5.74, 6) is -2.16. The summed E-state index contributed by atoms with van der Waals surface area (Å²) in [5.41, 5.74) is 0.123. The second-order valence-corrected chi connectivity index (χ2v) is 7.10. The van der Waals surface area contributed by atoms with E-state index in [-0.39, 0.29) is 17.9 Å². The zero-order chi connectivity index (χ0) is 21.2. The van der Waals surface area contributed by atoms with E-state index in [1.807, 2.05) is 0 Å². The predicted molar refractivity (Wildman–Crippen MR) is 98.2 cm³/mol. The molecule has 7 nitrogen and oxygen atoms in total. The molecule has 0 aromatic heterocycles. The minimum Gasteiger partial charge on any atom is -0.468 e. The van der Waals surface area contributed by atoms with Crippen molar-refractivity contribution in [2.24, 2.45) is 0 Å². The molecule has 0 bridgehead atoms. The van der Waals surface area contributed by atoms with Gasteiger partial charge in [0.1, 0.15) is 12.1 Å². The van der Waals surface area contributed by atoms with Gasteiger partial charge in [0.2, 0.25) is 11.8 Å². The minimum atomic E-state index is -4.80. The number of alkyl halides is 3. The smallest absolute Gasteiger partial charge is 0.409 e. The molecule has 0 saturated carbocycles. The van der Waals surface area contributed by atoms with Crippen LogP contribution in [0, 0.1) is 0 Å². The van der Waals surface area contributed by atoms with Gasteiger partial charge in [-0.3, -0.25) is 24.2 Å². The molecule has 1 saturated heterocycles. The van der Waals surface area contributed by atoms with Crippen LogP contribution >= 0.6 is 0 Å². The SMILES string of the molecule is COC(=O)C1CCCCN1CC(=O)N1c2ccccc2NC(=O)CC1C(F)(F)F. The Morgan fingerprint density at radius 1 is 1.24 bits per heavy atom. The van der Waals surface area contributed by atoms with Gasteiger partial charge in [0.05, 0.1) is 31.5 Å². The number of ether oxygens (including phenoxy) is 1. The van der Waals surface area contributed by atoms with Crippen LogP contribution < -0.4 is 10.2 Å². The Bertz CT molecular complexity index is 799. The normalized spacial score (nSPS) is 23.0. The molecule has 1 aromatic carbocycles. The van der Waals surface area contributed by atoms with E-state index in [4.69, 9.17) is 4.74 Å². The summed E-state index contributed by atoms with van der Waals surface area (Å²) in [5, 5.41) is 2.43. The Morgan fingerprint density at radius 3 is 2.66 bits per heavy atom. The van der Waals surface area contributed by atoms with Crippen LogP contribution in [0.25, 0.3) is 0 Å². The van der Waals surface area contributed by atoms with Crippen molar-refractivity contribution < 1.29 is 32.3 Å². The highest BCUT2D eigenvalue weighted by atomic mass is 19.4. The van der Waals surface area contributed by atoms with Gasteiger partial charge in [-0.15, -0.1) is 0 Å². The van der Waals surface area contributed by atoms with Crippen molar-refractivity contribution in [1.29, 1.82) is 0 Å². The van der Waals surface area contributed by atoms with Crippen molar-refractivity contribution in [2.45, 2.75) is 43.9 Å². The summed E-state index contributed by atoms with van der Waals surface area (Å²) in [6.07, 6.45) is -3.74. The third-order valence-corrected chi connectivity index (χ3v) is 5.20. The van der Waals surface area contributed by atoms with Crippen molar-refractivity contribution >= 4 is 29.2 Å². The van der Waals surface area contributed by atoms with E-state index in [9.17, 15) is 27.6 Å². The molecule has 2 heterocycles. The molecule has 1 aromatic rings. The van der Waals surface area contributed by atoms with Crippen LogP contribution in [0.2, 0.25) is 0 Å². The lowest BCUT2D eigenvalue weighted by Crippen LogP contribution is -2.55. The highest BCUT2D eigenvalue weighted by Gasteiger charge is 2.49. The molecule has 10 heteroatoms. The van der Waals surface area contributed by atoms with E-state index >= 15 is 0 Å². The van der Waals surface area contributed by atoms with E-state index in [1.165, 1.54) is 25.3 Å². The number of benzene rings is 1. The lowest BCUT2D eigenvalue weighted by atomic mass is 10.0. The summed E-state index contributed by atoms with van der Waals surface area (Å²) in [6.45, 7) is 0.0176. The van der Waals surface area contributed by atoms with E-state index in [2.05, 4.69) is 5.32 Å². The van der Waals surface area contributed by atoms with Gasteiger partial charge < -0.3 is 10.1 Å². The van der Waals surface area contributed by atoms with Crippen molar-refractivity contribution in [1.82, 2.24) is 4.90 Å². The van der Waals surface area contributed by atoms with Crippen LogP contribution in [0.4, 0.5) is 24.5 Å². The fourth-order valence-electron chi connectivity index (χ4n) is 3.83. The summed E-state index contributed by atoms with van der Waals surface area (Å²) in [7, 11) is 1.24. The van der Waals surface area contributed by atoms with E-state index < -0.39 is 42.5 Å². The Hall–Kier alpha value is -2.62. The van der Waals surface area contributed by atoms with Crippen LogP contribution in [0.5, 0.6) is 0 Å². The van der Waals surface area contributed by atoms with Crippen LogP contribution in [0.15, 0.2) is 24.3 Å². The average molecular weight is 413 g/mol. The number of carbonyl (C=O) groups is 3. The molecule has 0 spiro atoms. The van der Waals surface area contributed by atoms with Crippen molar-refractivity contribution in [3.63, 3.8) is 0 Å². The number of fused-ring (bicyclic) bond motifs is 1. The number of carbonyl (C=O) groups excluding carboxylic acids is 3. The van der Waals surface area contributed by atoms with Crippen molar-refractivity contribution in [2.75, 3.05) is 30.4 Å². The van der Waals surface area contributed by atoms with E-state index in [0.717, 1.165) is 12.8 Å². The van der Waals surface area contributed by atoms with Gasteiger partial charge in [0, 0.05) is 0 Å². The van der Waals surface area contributed by atoms with Gasteiger partial charge in [0.25, 0.3) is 0 Å². The van der Waals surface area contributed by atoms with Gasteiger partial charge >= 0.3 is 12.1 Å². The number of para-hydroxylation sites is 2. The number of likely N-dealkylation sites (tertiary alicyclic amines) is 1. The molecule has 2 aliphatic rings. The van der Waals surface area contributed by atoms with Crippen LogP contribution in [0.1, 0.15) is 25.7 Å². The molecule has 158 valence electrons. The number of methoxy groups -OCH3 is 1. The number of nitrogens with zero attached hydrogens (tertiary/aromatic N) is 2. The maximum absolute atomic E-state index is 13.8. The second-order valence-electron chi connectivity index (χ2n) is 7.10. The highest BCUT2D eigenvalue weighted by Crippen LogP contribution is 2.38. The Kier molecular flexibility index (Phi) is 6.11. The van der Waals surface area contributed by atoms with Gasteiger partial charge in [-0.1, -0.05) is 18.6 Å². The first kappa shape index (κ1) is 21.1. The molecule has 2 atom stereocenters. The molecule has 2 amide bonds. The number of hydrogen-bond donors (Lipinski definition) is 1. The van der Waals surface area contributed by atoms with E-state index in [1.54, 1.807) is 11.0 Å². The third kappa shape index (κ3) is 4.52. The molecule has 1 fully saturated rings. The lowest BCUT2D eigenvalue weighted by Gasteiger charge is -2.37. The second kappa shape index (κ2) is 8.40. The largest absolute Gasteiger partial charge is 0.468 e. The fraction of sp³-hybridized carbons (Fsp3) is 0.526. The van der Waals surface area contributed by atoms with Crippen molar-refractivity contribution in [3.05, 3.63) is 24.3 Å². The molecular weight excluding hydrogens is 391 g/mol. The summed E-state index contributed by atoms with van der Waals surface area (Å²) >= 11 is 0. The average Bonchev–Trinajstić information content (AvgIpc) is 2.83. The first-order valence-electron chi connectivity index (χ1n) is 9.32. The molecular formula is C19H22F3N3O4. The molecule has 1 N–H and O–H groups in total. The third-order valence-electron chi connectivity index (χ3n) is 5.20. The monoisotopic (exact) mass is 413 g/mol. The number of hydrogen-bond acceptors (Lipinski definition) is 5. The number of piperidine rings is 1. The summed E-state index contributed by atoms with van der Waals surface area (Å²) < 4.78 is 46.1. The van der Waals surface area contributed by atoms with Crippen LogP contribution in [-0.4, -0.2) is 61.1 Å². The molecule has 0 aliphatic carbocycles. The number of nitrogens with one attached hydrogen (secondary N) is 1. The molecule has 29 heavy (non-hydrogen) atoms. The van der Waals surface area contributed by atoms with Gasteiger partial charge in [-0.05, 0) is 31.5 Å². The molecule has 2 aliphatic heterocycles. The number of anilines is 2. The first-order chi connectivity index (χ1) is 13.7. The molecule has 2 unspecified atom stereocenters. The fourth-order valence-corrected chi connectivity index (χ4v) is 3.83. The topological polar surface area (TPSA) is 79.0 Å². The Balaban J connectivity index is 1.95. The molecule has 0 radical (unpaired) electrons. The Labute approximate surface area is 165 Å². The van der Waals surface area contributed by atoms with Gasteiger partial charge in [0.15, 0.2) is 0 Å². The minimum absolute atomic E-state index is 0.0164. The van der Waals surface area contributed by atoms with Crippen LogP contribution in [-0.2, 0) is 19.1 Å². The number of amides is 2. The zero-order valence-electron chi connectivity index (χ0n) is 15.9. The quantitative estimate of drug-likeness (QED) is 0.770. The lowest BCUT2D eigenvalue weighted by molar-refractivity contribution is -0.158. The van der Waals surface area contributed by atoms with Crippen molar-refractivity contribution in [3.8, 4) is 0 Å². The van der Waals surface area contributed by atoms with Crippen LogP contribution in [0.3, 0.4) is 0 Å². The standard InChI is InChI=1S/C19H22F3N3O4/c1-29-18(28)14-8-4-5-9-24(14)11-17(27)25-13-7-3-2-6-12(13)23-16(26)10-15(25)19(20,21)22/h2-3,6-7,14-15H,4-5,8-11H2,1H3,(H,23,26). The van der Waals surface area contributed by atoms with Gasteiger partial charge in [-0.2, -0.15) is 13.2 Å². The van der Waals surface area contributed by atoms with E-state index in [0.29, 0.717) is 17.9 Å². The van der Waals surface area contributed by atoms with Gasteiger partial charge in [-0.25, -0.2) is 0 Å². The highest BCUT2D eigenvalue weighted by molar-refractivity contribution is 6.05. The maximum atomic E-state index is 13.8. The molecule has 3 rings (SSSR count). The number of esters is 1. The summed E-state index contributed by atoms with van der Waals surface area (Å²) in [6, 6.07) is 2.91. The first-order valence-corrected chi connectivity index (χ1v) is 9.32. The number of rotatable bonds is 3. The zero-order valence-corrected chi connectivity index (χ0v) is 15.9. The maximum Gasteiger partial charge on any atom is 0.409 e. The predicted octanol–water partition coefficient (Wildman–Crippen LogP) is 2.32.